The van der Waals surface area contributed by atoms with E-state index in [1.165, 1.54) is 7.11 Å². The predicted octanol–water partition coefficient (Wildman–Crippen LogP) is 1.20. The first-order valence-corrected chi connectivity index (χ1v) is 10.2. The number of alkyl halides is 3. The zero-order chi connectivity index (χ0) is 20.5. The number of piperidine rings is 1. The summed E-state index contributed by atoms with van der Waals surface area (Å²) in [7, 11) is -3.94. The van der Waals surface area contributed by atoms with E-state index in [9.17, 15) is 26.4 Å². The number of sulfonamides is 1. The SMILES string of the molecule is CCNC(=NCCCCC(=O)OC)NC1CCN(S(=O)(=O)C(F)(F)F)CC1. The van der Waals surface area contributed by atoms with Crippen LogP contribution >= 0.6 is 0 Å². The normalized spacial score (nSPS) is 17.6. The van der Waals surface area contributed by atoms with Gasteiger partial charge in [-0.15, -0.1) is 0 Å². The van der Waals surface area contributed by atoms with Crippen molar-refractivity contribution in [2.45, 2.75) is 50.6 Å². The van der Waals surface area contributed by atoms with Crippen molar-refractivity contribution < 1.29 is 31.1 Å². The third kappa shape index (κ3) is 7.53. The molecule has 1 aliphatic heterocycles. The Morgan fingerprint density at radius 3 is 2.41 bits per heavy atom. The van der Waals surface area contributed by atoms with Crippen LogP contribution in [0.4, 0.5) is 13.2 Å². The molecule has 0 aliphatic carbocycles. The van der Waals surface area contributed by atoms with Crippen molar-refractivity contribution in [1.82, 2.24) is 14.9 Å². The van der Waals surface area contributed by atoms with Crippen LogP contribution < -0.4 is 10.6 Å². The van der Waals surface area contributed by atoms with E-state index in [0.717, 1.165) is 0 Å². The Morgan fingerprint density at radius 2 is 1.89 bits per heavy atom. The molecule has 0 saturated carbocycles. The molecule has 0 bridgehead atoms. The standard InChI is InChI=1S/C15H27F3N4O4S/c1-3-19-14(20-9-5-4-6-13(23)26-2)21-12-7-10-22(11-8-12)27(24,25)15(16,17)18/h12H,3-11H2,1-2H3,(H2,19,20,21). The molecule has 1 heterocycles. The molecule has 0 radical (unpaired) electrons. The van der Waals surface area contributed by atoms with Crippen LogP contribution in [0.5, 0.6) is 0 Å². The van der Waals surface area contributed by atoms with Gasteiger partial charge in [0.15, 0.2) is 5.96 Å². The van der Waals surface area contributed by atoms with Crippen LogP contribution in [-0.2, 0) is 19.6 Å². The van der Waals surface area contributed by atoms with E-state index in [1.807, 2.05) is 6.92 Å². The van der Waals surface area contributed by atoms with Crippen LogP contribution in [0.2, 0.25) is 0 Å². The maximum atomic E-state index is 12.6. The third-order valence-electron chi connectivity index (χ3n) is 4.06. The highest BCUT2D eigenvalue weighted by Gasteiger charge is 2.50. The van der Waals surface area contributed by atoms with Gasteiger partial charge in [-0.1, -0.05) is 0 Å². The summed E-state index contributed by atoms with van der Waals surface area (Å²) in [5.74, 6) is 0.247. The molecule has 1 fully saturated rings. The van der Waals surface area contributed by atoms with Gasteiger partial charge in [0.25, 0.3) is 0 Å². The van der Waals surface area contributed by atoms with Crippen LogP contribution in [-0.4, -0.2) is 69.5 Å². The van der Waals surface area contributed by atoms with Crippen molar-refractivity contribution in [1.29, 1.82) is 0 Å². The number of carbonyl (C=O) groups is 1. The lowest BCUT2D eigenvalue weighted by Crippen LogP contribution is -2.51. The number of esters is 1. The minimum atomic E-state index is -5.27. The van der Waals surface area contributed by atoms with Gasteiger partial charge in [0.1, 0.15) is 0 Å². The molecule has 27 heavy (non-hydrogen) atoms. The molecule has 2 N–H and O–H groups in total. The smallest absolute Gasteiger partial charge is 0.469 e. The average Bonchev–Trinajstić information content (AvgIpc) is 2.60. The predicted molar refractivity (Wildman–Crippen MR) is 94.6 cm³/mol. The number of nitrogens with one attached hydrogen (secondary N) is 2. The fraction of sp³-hybridized carbons (Fsp3) is 0.867. The highest BCUT2D eigenvalue weighted by molar-refractivity contribution is 7.90. The molecule has 0 spiro atoms. The number of hydrogen-bond donors (Lipinski definition) is 2. The number of carbonyl (C=O) groups excluding carboxylic acids is 1. The summed E-state index contributed by atoms with van der Waals surface area (Å²) in [6.07, 6.45) is 2.16. The van der Waals surface area contributed by atoms with E-state index in [0.29, 0.717) is 42.6 Å². The van der Waals surface area contributed by atoms with Gasteiger partial charge in [-0.05, 0) is 32.6 Å². The van der Waals surface area contributed by atoms with Gasteiger partial charge in [0.2, 0.25) is 0 Å². The topological polar surface area (TPSA) is 100 Å². The van der Waals surface area contributed by atoms with Gasteiger partial charge >= 0.3 is 21.5 Å². The Hall–Kier alpha value is -1.56. The van der Waals surface area contributed by atoms with Crippen molar-refractivity contribution in [3.8, 4) is 0 Å². The highest BCUT2D eigenvalue weighted by atomic mass is 32.2. The number of guanidine groups is 1. The Balaban J connectivity index is 2.48. The lowest BCUT2D eigenvalue weighted by Gasteiger charge is -2.32. The van der Waals surface area contributed by atoms with E-state index in [4.69, 9.17) is 0 Å². The lowest BCUT2D eigenvalue weighted by atomic mass is 10.1. The quantitative estimate of drug-likeness (QED) is 0.267. The molecule has 12 heteroatoms. The number of unbranched alkanes of at least 4 members (excludes halogenated alkanes) is 1. The Kier molecular flexibility index (Phi) is 9.30. The fourth-order valence-electron chi connectivity index (χ4n) is 2.57. The highest BCUT2D eigenvalue weighted by Crippen LogP contribution is 2.28. The van der Waals surface area contributed by atoms with Gasteiger partial charge in [-0.2, -0.15) is 17.5 Å². The van der Waals surface area contributed by atoms with Gasteiger partial charge in [-0.25, -0.2) is 8.42 Å². The maximum absolute atomic E-state index is 12.6. The largest absolute Gasteiger partial charge is 0.511 e. The number of rotatable bonds is 8. The van der Waals surface area contributed by atoms with Gasteiger partial charge in [0, 0.05) is 38.6 Å². The van der Waals surface area contributed by atoms with Crippen molar-refractivity contribution >= 4 is 22.0 Å². The second-order valence-electron chi connectivity index (χ2n) is 6.06. The van der Waals surface area contributed by atoms with Gasteiger partial charge < -0.3 is 15.4 Å². The fourth-order valence-corrected chi connectivity index (χ4v) is 3.56. The summed E-state index contributed by atoms with van der Waals surface area (Å²) < 4.78 is 65.7. The third-order valence-corrected chi connectivity index (χ3v) is 5.69. The van der Waals surface area contributed by atoms with E-state index in [1.54, 1.807) is 0 Å². The summed E-state index contributed by atoms with van der Waals surface area (Å²) in [6, 6.07) is -0.169. The molecule has 0 unspecified atom stereocenters. The first kappa shape index (κ1) is 23.5. The zero-order valence-electron chi connectivity index (χ0n) is 15.5. The molecule has 0 aromatic rings. The number of methoxy groups -OCH3 is 1. The van der Waals surface area contributed by atoms with Crippen molar-refractivity contribution in [2.24, 2.45) is 4.99 Å². The molecule has 0 amide bonds. The molecule has 0 atom stereocenters. The monoisotopic (exact) mass is 416 g/mol. The Morgan fingerprint density at radius 1 is 1.26 bits per heavy atom. The molecule has 1 saturated heterocycles. The van der Waals surface area contributed by atoms with Gasteiger partial charge in [0.05, 0.1) is 7.11 Å². The Labute approximate surface area is 157 Å². The summed E-state index contributed by atoms with van der Waals surface area (Å²) in [5, 5.41) is 6.16. The van der Waals surface area contributed by atoms with Crippen LogP contribution in [0.15, 0.2) is 4.99 Å². The summed E-state index contributed by atoms with van der Waals surface area (Å²) in [5.41, 5.74) is -5.27. The second kappa shape index (κ2) is 10.7. The minimum Gasteiger partial charge on any atom is -0.469 e. The minimum absolute atomic E-state index is 0.169. The molecule has 0 aromatic carbocycles. The first-order valence-electron chi connectivity index (χ1n) is 8.80. The number of hydrogen-bond acceptors (Lipinski definition) is 5. The number of ether oxygens (including phenoxy) is 1. The van der Waals surface area contributed by atoms with Crippen molar-refractivity contribution in [3.05, 3.63) is 0 Å². The number of nitrogens with zero attached hydrogens (tertiary/aromatic N) is 2. The van der Waals surface area contributed by atoms with Gasteiger partial charge in [-0.3, -0.25) is 9.79 Å². The molecular weight excluding hydrogens is 389 g/mol. The molecule has 0 aromatic heterocycles. The van der Waals surface area contributed by atoms with Crippen LogP contribution in [0, 0.1) is 0 Å². The summed E-state index contributed by atoms with van der Waals surface area (Å²) in [4.78, 5) is 15.4. The van der Waals surface area contributed by atoms with E-state index >= 15 is 0 Å². The first-order chi connectivity index (χ1) is 12.6. The molecule has 1 rings (SSSR count). The molecule has 158 valence electrons. The summed E-state index contributed by atoms with van der Waals surface area (Å²) >= 11 is 0. The van der Waals surface area contributed by atoms with Crippen LogP contribution in [0.25, 0.3) is 0 Å². The van der Waals surface area contributed by atoms with E-state index in [2.05, 4.69) is 20.4 Å². The molecule has 8 nitrogen and oxygen atoms in total. The maximum Gasteiger partial charge on any atom is 0.511 e. The summed E-state index contributed by atoms with van der Waals surface area (Å²) in [6.45, 7) is 2.58. The molecule has 1 aliphatic rings. The van der Waals surface area contributed by atoms with E-state index < -0.39 is 15.5 Å². The zero-order valence-corrected chi connectivity index (χ0v) is 16.3. The molecular formula is C15H27F3N4O4S. The van der Waals surface area contributed by atoms with Crippen LogP contribution in [0.1, 0.15) is 39.0 Å². The average molecular weight is 416 g/mol. The number of halogens is 3. The second-order valence-corrected chi connectivity index (χ2v) is 7.99. The van der Waals surface area contributed by atoms with Crippen molar-refractivity contribution in [3.63, 3.8) is 0 Å². The lowest BCUT2D eigenvalue weighted by molar-refractivity contribution is -0.140. The van der Waals surface area contributed by atoms with E-state index in [-0.39, 0.29) is 37.9 Å². The van der Waals surface area contributed by atoms with Crippen molar-refractivity contribution in [2.75, 3.05) is 33.3 Å². The Bertz CT molecular complexity index is 603. The van der Waals surface area contributed by atoms with Crippen LogP contribution in [0.3, 0.4) is 0 Å². The number of aliphatic imine (C=N–C) groups is 1.